The highest BCUT2D eigenvalue weighted by Crippen LogP contribution is 2.69. The number of hydrogen-bond donors (Lipinski definition) is 1. The van der Waals surface area contributed by atoms with E-state index in [1.54, 1.807) is 28.8 Å². The molecule has 3 fully saturated rings. The predicted octanol–water partition coefficient (Wildman–Crippen LogP) is 5.58. The quantitative estimate of drug-likeness (QED) is 0.270. The van der Waals surface area contributed by atoms with Crippen LogP contribution < -0.4 is 0 Å². The molecule has 3 heterocycles. The molecule has 2 bridgehead atoms. The van der Waals surface area contributed by atoms with Crippen LogP contribution in [0.1, 0.15) is 73.3 Å². The molecule has 3 unspecified atom stereocenters. The van der Waals surface area contributed by atoms with Crippen LogP contribution in [0, 0.1) is 23.2 Å². The van der Waals surface area contributed by atoms with E-state index in [0.29, 0.717) is 26.1 Å². The van der Waals surface area contributed by atoms with Gasteiger partial charge < -0.3 is 19.8 Å². The number of likely N-dealkylation sites (tertiary alicyclic amines) is 1. The minimum absolute atomic E-state index is 0.0194. The molecule has 248 valence electrons. The number of amides is 3. The lowest BCUT2D eigenvalue weighted by atomic mass is 9.65. The van der Waals surface area contributed by atoms with Gasteiger partial charge in [-0.15, -0.1) is 24.9 Å². The van der Waals surface area contributed by atoms with Gasteiger partial charge in [-0.25, -0.2) is 0 Å². The summed E-state index contributed by atoms with van der Waals surface area (Å²) < 4.78 is -0.771. The fourth-order valence-corrected chi connectivity index (χ4v) is 11.2. The van der Waals surface area contributed by atoms with E-state index in [0.717, 1.165) is 24.8 Å². The van der Waals surface area contributed by atoms with Crippen molar-refractivity contribution in [3.63, 3.8) is 0 Å². The Kier molecular flexibility index (Phi) is 10.7. The van der Waals surface area contributed by atoms with Gasteiger partial charge >= 0.3 is 0 Å². The van der Waals surface area contributed by atoms with Gasteiger partial charge in [-0.1, -0.05) is 77.1 Å². The Bertz CT molecular complexity index is 1260. The molecule has 3 amide bonds. The van der Waals surface area contributed by atoms with E-state index < -0.39 is 34.2 Å². The topological polar surface area (TPSA) is 81.2 Å². The smallest absolute Gasteiger partial charge is 0.247 e. The van der Waals surface area contributed by atoms with Crippen molar-refractivity contribution in [3.8, 4) is 0 Å². The number of carbonyl (C=O) groups excluding carboxylic acids is 3. The molecule has 3 aliphatic heterocycles. The first-order chi connectivity index (χ1) is 21.2. The highest BCUT2D eigenvalue weighted by molar-refractivity contribution is 8.02. The van der Waals surface area contributed by atoms with Crippen molar-refractivity contribution < 1.29 is 19.5 Å². The number of carbonyl (C=O) groups is 3. The summed E-state index contributed by atoms with van der Waals surface area (Å²) in [5.74, 6) is -1.42. The molecule has 3 saturated heterocycles. The van der Waals surface area contributed by atoms with Crippen LogP contribution in [0.15, 0.2) is 55.6 Å². The SMILES string of the molecule is C=CCN(CCC)C(=O)[C@@H]1[C@@H]2CC(C)C3(S2)C(C(=O)N(CC=C)C(C)(C)CC(C)(C)C)N([C@@H](CO)Cc2ccccc2)C(=O)[C@H]13. The lowest BCUT2D eigenvalue weighted by Crippen LogP contribution is -2.63. The summed E-state index contributed by atoms with van der Waals surface area (Å²) >= 11 is 1.69. The van der Waals surface area contributed by atoms with Gasteiger partial charge in [0.1, 0.15) is 6.04 Å². The minimum Gasteiger partial charge on any atom is -0.394 e. The third kappa shape index (κ3) is 6.51. The highest BCUT2D eigenvalue weighted by atomic mass is 32.2. The van der Waals surface area contributed by atoms with Crippen LogP contribution in [-0.4, -0.2) is 91.4 Å². The Hall–Kier alpha value is -2.58. The number of fused-ring (bicyclic) bond motifs is 1. The molecule has 1 aromatic carbocycles. The maximum atomic E-state index is 15.3. The zero-order valence-corrected chi connectivity index (χ0v) is 29.3. The van der Waals surface area contributed by atoms with Gasteiger partial charge in [-0.3, -0.25) is 14.4 Å². The van der Waals surface area contributed by atoms with Gasteiger partial charge in [-0.2, -0.15) is 0 Å². The Morgan fingerprint density at radius 3 is 2.31 bits per heavy atom. The van der Waals surface area contributed by atoms with Crippen molar-refractivity contribution in [3.05, 3.63) is 61.2 Å². The number of hydrogen-bond acceptors (Lipinski definition) is 5. The van der Waals surface area contributed by atoms with Crippen molar-refractivity contribution in [1.82, 2.24) is 14.7 Å². The molecular formula is C37H55N3O4S. The summed E-state index contributed by atoms with van der Waals surface area (Å²) in [6, 6.07) is 8.40. The average Bonchev–Trinajstić information content (AvgIpc) is 3.56. The van der Waals surface area contributed by atoms with Crippen LogP contribution in [0.25, 0.3) is 0 Å². The molecule has 45 heavy (non-hydrogen) atoms. The van der Waals surface area contributed by atoms with E-state index in [2.05, 4.69) is 54.7 Å². The predicted molar refractivity (Wildman–Crippen MR) is 184 cm³/mol. The van der Waals surface area contributed by atoms with Crippen molar-refractivity contribution in [1.29, 1.82) is 0 Å². The van der Waals surface area contributed by atoms with Crippen LogP contribution in [0.3, 0.4) is 0 Å². The standard InChI is InChI=1S/C37H55N3O4S/c1-10-18-38(19-11-2)32(42)29-28-21-25(4)37(45-28)30(29)33(43)40(27(23-41)22-26-16-14-13-15-17-26)31(37)34(44)39(20-12-3)36(8,9)24-35(5,6)7/h10,12-17,25,27-31,41H,1,3,11,18-24H2,2,4-9H3/t25?,27-,28+,29-,30+,31?,37?/m1/s1. The molecule has 0 saturated carbocycles. The van der Waals surface area contributed by atoms with E-state index in [9.17, 15) is 14.7 Å². The van der Waals surface area contributed by atoms with Gasteiger partial charge in [-0.05, 0) is 56.4 Å². The van der Waals surface area contributed by atoms with Crippen molar-refractivity contribution in [2.24, 2.45) is 23.2 Å². The second kappa shape index (κ2) is 13.6. The lowest BCUT2D eigenvalue weighted by molar-refractivity contribution is -0.149. The van der Waals surface area contributed by atoms with E-state index in [1.165, 1.54) is 0 Å². The number of nitrogens with zero attached hydrogens (tertiary/aromatic N) is 3. The van der Waals surface area contributed by atoms with Crippen molar-refractivity contribution in [2.75, 3.05) is 26.2 Å². The molecule has 3 aliphatic rings. The second-order valence-electron chi connectivity index (χ2n) is 15.2. The fourth-order valence-electron chi connectivity index (χ4n) is 8.78. The Balaban J connectivity index is 1.87. The van der Waals surface area contributed by atoms with Crippen LogP contribution in [-0.2, 0) is 20.8 Å². The molecule has 0 aromatic heterocycles. The van der Waals surface area contributed by atoms with E-state index in [1.807, 2.05) is 47.1 Å². The van der Waals surface area contributed by atoms with Crippen molar-refractivity contribution in [2.45, 2.75) is 102 Å². The monoisotopic (exact) mass is 637 g/mol. The lowest BCUT2D eigenvalue weighted by Gasteiger charge is -2.47. The number of aliphatic hydroxyl groups is 1. The van der Waals surface area contributed by atoms with Crippen LogP contribution in [0.4, 0.5) is 0 Å². The third-order valence-electron chi connectivity index (χ3n) is 10.0. The average molecular weight is 638 g/mol. The zero-order chi connectivity index (χ0) is 33.3. The fraction of sp³-hybridized carbons (Fsp3) is 0.649. The maximum absolute atomic E-state index is 15.3. The Morgan fingerprint density at radius 1 is 1.11 bits per heavy atom. The molecule has 0 aliphatic carbocycles. The minimum atomic E-state index is -0.808. The summed E-state index contributed by atoms with van der Waals surface area (Å²) in [6.45, 7) is 23.9. The molecule has 8 heteroatoms. The van der Waals surface area contributed by atoms with Crippen LogP contribution in [0.2, 0.25) is 0 Å². The molecular weight excluding hydrogens is 582 g/mol. The van der Waals surface area contributed by atoms with Gasteiger partial charge in [0.05, 0.1) is 29.2 Å². The molecule has 0 radical (unpaired) electrons. The Morgan fingerprint density at radius 2 is 1.76 bits per heavy atom. The number of aliphatic hydroxyl groups excluding tert-OH is 1. The maximum Gasteiger partial charge on any atom is 0.247 e. The first-order valence-corrected chi connectivity index (χ1v) is 17.5. The first kappa shape index (κ1) is 35.3. The van der Waals surface area contributed by atoms with E-state index in [4.69, 9.17) is 0 Å². The van der Waals surface area contributed by atoms with Gasteiger partial charge in [0.25, 0.3) is 0 Å². The summed E-state index contributed by atoms with van der Waals surface area (Å²) in [5, 5.41) is 10.8. The normalized spacial score (nSPS) is 28.1. The number of rotatable bonds is 14. The largest absolute Gasteiger partial charge is 0.394 e. The number of benzene rings is 1. The second-order valence-corrected chi connectivity index (χ2v) is 16.7. The van der Waals surface area contributed by atoms with Gasteiger partial charge in [0.15, 0.2) is 0 Å². The van der Waals surface area contributed by atoms with Crippen LogP contribution >= 0.6 is 11.8 Å². The zero-order valence-electron chi connectivity index (χ0n) is 28.5. The molecule has 4 rings (SSSR count). The molecule has 7 nitrogen and oxygen atoms in total. The highest BCUT2D eigenvalue weighted by Gasteiger charge is 2.77. The Labute approximate surface area is 275 Å². The molecule has 1 N–H and O–H groups in total. The summed E-state index contributed by atoms with van der Waals surface area (Å²) in [7, 11) is 0. The molecule has 7 atom stereocenters. The first-order valence-electron chi connectivity index (χ1n) is 16.6. The summed E-state index contributed by atoms with van der Waals surface area (Å²) in [5.41, 5.74) is 0.414. The molecule has 1 aromatic rings. The number of thioether (sulfide) groups is 1. The summed E-state index contributed by atoms with van der Waals surface area (Å²) in [4.78, 5) is 50.0. The van der Waals surface area contributed by atoms with Crippen LogP contribution in [0.5, 0.6) is 0 Å². The van der Waals surface area contributed by atoms with E-state index >= 15 is 4.79 Å². The summed E-state index contributed by atoms with van der Waals surface area (Å²) in [6.07, 6.45) is 6.25. The van der Waals surface area contributed by atoms with Gasteiger partial charge in [0, 0.05) is 30.4 Å². The van der Waals surface area contributed by atoms with Crippen molar-refractivity contribution >= 4 is 29.5 Å². The van der Waals surface area contributed by atoms with E-state index in [-0.39, 0.29) is 40.9 Å². The third-order valence-corrected chi connectivity index (χ3v) is 12.1. The molecule has 1 spiro atoms. The van der Waals surface area contributed by atoms with Gasteiger partial charge in [0.2, 0.25) is 17.7 Å².